The number of hydroxylamine groups is 1. The third kappa shape index (κ3) is 4.71. The molecule has 0 spiro atoms. The minimum absolute atomic E-state index is 0.139. The molecule has 4 rings (SSSR count). The number of hydrazine groups is 1. The highest BCUT2D eigenvalue weighted by Crippen LogP contribution is 2.23. The summed E-state index contributed by atoms with van der Waals surface area (Å²) >= 11 is 3.24. The van der Waals surface area contributed by atoms with Crippen LogP contribution >= 0.6 is 15.9 Å². The molecule has 0 radical (unpaired) electrons. The first kappa shape index (κ1) is 20.9. The number of halogens is 2. The molecule has 1 fully saturated rings. The number of anilines is 1. The van der Waals surface area contributed by atoms with Gasteiger partial charge >= 0.3 is 0 Å². The average Bonchev–Trinajstić information content (AvgIpc) is 3.28. The standard InChI is InChI=1S/C19H21BrFN5O4/c1-19(2)28-9-14(30-19)10-29-24-18(27)17-8-25-11-22-6-13(25)7-26(17)23-16-4-3-12(20)5-15(16)21/h3-6,8,11,14,23H,7,9-10H2,1-2H3,(H,24,27)/p+1. The smallest absolute Gasteiger partial charge is 0.298 e. The van der Waals surface area contributed by atoms with E-state index in [-0.39, 0.29) is 24.1 Å². The fourth-order valence-corrected chi connectivity index (χ4v) is 3.55. The number of amides is 1. The summed E-state index contributed by atoms with van der Waals surface area (Å²) in [7, 11) is 0. The molecular weight excluding hydrogens is 461 g/mol. The van der Waals surface area contributed by atoms with Crippen LogP contribution in [-0.2, 0) is 19.1 Å². The van der Waals surface area contributed by atoms with E-state index in [1.165, 1.54) is 6.07 Å². The molecule has 3 aliphatic rings. The van der Waals surface area contributed by atoms with Crippen LogP contribution in [0.1, 0.15) is 13.8 Å². The second-order valence-electron chi connectivity index (χ2n) is 7.43. The lowest BCUT2D eigenvalue weighted by Crippen LogP contribution is -3.05. The van der Waals surface area contributed by atoms with Crippen LogP contribution in [0.3, 0.4) is 0 Å². The van der Waals surface area contributed by atoms with Gasteiger partial charge in [-0.25, -0.2) is 19.8 Å². The van der Waals surface area contributed by atoms with Gasteiger partial charge in [-0.3, -0.25) is 20.1 Å². The maximum absolute atomic E-state index is 14.3. The van der Waals surface area contributed by atoms with Crippen molar-refractivity contribution in [2.45, 2.75) is 25.7 Å². The number of fused-ring (bicyclic) bond motifs is 1. The second kappa shape index (κ2) is 8.44. The van der Waals surface area contributed by atoms with Gasteiger partial charge in [-0.1, -0.05) is 15.9 Å². The summed E-state index contributed by atoms with van der Waals surface area (Å²) in [5.74, 6) is -1.60. The molecule has 0 saturated carbocycles. The fourth-order valence-electron chi connectivity index (χ4n) is 3.22. The first-order valence-corrected chi connectivity index (χ1v) is 10.1. The van der Waals surface area contributed by atoms with E-state index in [2.05, 4.69) is 31.8 Å². The number of carbonyl (C=O) groups excluding carboxylic acids is 1. The average molecular weight is 483 g/mol. The zero-order valence-electron chi connectivity index (χ0n) is 16.4. The molecule has 3 N–H and O–H groups in total. The summed E-state index contributed by atoms with van der Waals surface area (Å²) < 4.78 is 26.0. The van der Waals surface area contributed by atoms with Crippen LogP contribution in [0, 0.1) is 5.82 Å². The SMILES string of the molecule is CC1(C)OCC(CONC(=O)C2=C[NH+]3C=NC=C3CN2Nc2ccc(Br)cc2F)O1. The van der Waals surface area contributed by atoms with Crippen molar-refractivity contribution in [3.63, 3.8) is 0 Å². The van der Waals surface area contributed by atoms with Crippen LogP contribution in [-0.4, -0.2) is 48.9 Å². The van der Waals surface area contributed by atoms with E-state index in [1.807, 2.05) is 13.8 Å². The van der Waals surface area contributed by atoms with E-state index in [4.69, 9.17) is 14.3 Å². The Morgan fingerprint density at radius 3 is 3.07 bits per heavy atom. The maximum atomic E-state index is 14.3. The minimum atomic E-state index is -0.666. The molecule has 1 saturated heterocycles. The van der Waals surface area contributed by atoms with Gasteiger partial charge in [-0.15, -0.1) is 0 Å². The van der Waals surface area contributed by atoms with Crippen molar-refractivity contribution in [2.24, 2.45) is 4.99 Å². The Kier molecular flexibility index (Phi) is 5.89. The number of benzene rings is 1. The number of hydrogen-bond acceptors (Lipinski definition) is 7. The van der Waals surface area contributed by atoms with Crippen molar-refractivity contribution in [3.05, 3.63) is 52.3 Å². The Balaban J connectivity index is 1.43. The van der Waals surface area contributed by atoms with Gasteiger partial charge in [-0.05, 0) is 32.0 Å². The molecule has 1 aromatic rings. The highest BCUT2D eigenvalue weighted by molar-refractivity contribution is 9.10. The molecule has 30 heavy (non-hydrogen) atoms. The van der Waals surface area contributed by atoms with Crippen LogP contribution in [0.15, 0.2) is 51.5 Å². The monoisotopic (exact) mass is 482 g/mol. The fraction of sp³-hybridized carbons (Fsp3) is 0.368. The van der Waals surface area contributed by atoms with Gasteiger partial charge in [-0.2, -0.15) is 0 Å². The Labute approximate surface area is 181 Å². The molecule has 160 valence electrons. The van der Waals surface area contributed by atoms with E-state index in [0.717, 1.165) is 10.6 Å². The Bertz CT molecular complexity index is 935. The largest absolute Gasteiger partial charge is 0.348 e. The molecular formula is C19H22BrFN5O4+. The molecule has 11 heteroatoms. The molecule has 0 bridgehead atoms. The zero-order chi connectivity index (χ0) is 21.3. The van der Waals surface area contributed by atoms with E-state index < -0.39 is 17.5 Å². The van der Waals surface area contributed by atoms with Gasteiger partial charge in [0, 0.05) is 4.47 Å². The van der Waals surface area contributed by atoms with Crippen molar-refractivity contribution in [1.82, 2.24) is 10.5 Å². The predicted octanol–water partition coefficient (Wildman–Crippen LogP) is 1.04. The third-order valence-corrected chi connectivity index (χ3v) is 5.14. The second-order valence-corrected chi connectivity index (χ2v) is 8.35. The van der Waals surface area contributed by atoms with Crippen LogP contribution in [0.25, 0.3) is 0 Å². The number of rotatable bonds is 6. The van der Waals surface area contributed by atoms with Crippen molar-refractivity contribution in [3.8, 4) is 0 Å². The highest BCUT2D eigenvalue weighted by Gasteiger charge is 2.35. The molecule has 0 aromatic heterocycles. The first-order chi connectivity index (χ1) is 14.3. The van der Waals surface area contributed by atoms with Gasteiger partial charge in [0.15, 0.2) is 23.5 Å². The minimum Gasteiger partial charge on any atom is -0.348 e. The lowest BCUT2D eigenvalue weighted by atomic mass is 10.2. The summed E-state index contributed by atoms with van der Waals surface area (Å²) in [6.45, 7) is 4.48. The van der Waals surface area contributed by atoms with E-state index in [9.17, 15) is 9.18 Å². The molecule has 2 unspecified atom stereocenters. The van der Waals surface area contributed by atoms with Gasteiger partial charge in [0.2, 0.25) is 0 Å². The lowest BCUT2D eigenvalue weighted by Gasteiger charge is -2.31. The third-order valence-electron chi connectivity index (χ3n) is 4.65. The van der Waals surface area contributed by atoms with Crippen LogP contribution < -0.4 is 15.8 Å². The van der Waals surface area contributed by atoms with Gasteiger partial charge in [0.1, 0.15) is 31.3 Å². The Morgan fingerprint density at radius 2 is 2.33 bits per heavy atom. The van der Waals surface area contributed by atoms with Crippen molar-refractivity contribution in [2.75, 3.05) is 25.2 Å². The zero-order valence-corrected chi connectivity index (χ0v) is 18.0. The summed E-state index contributed by atoms with van der Waals surface area (Å²) in [5.41, 5.74) is 6.80. The van der Waals surface area contributed by atoms with Gasteiger partial charge in [0.05, 0.1) is 18.5 Å². The summed E-state index contributed by atoms with van der Waals surface area (Å²) in [6.07, 6.45) is 4.78. The van der Waals surface area contributed by atoms with Crippen molar-refractivity contribution >= 4 is 33.9 Å². The van der Waals surface area contributed by atoms with Crippen LogP contribution in [0.5, 0.6) is 0 Å². The van der Waals surface area contributed by atoms with Crippen molar-refractivity contribution in [1.29, 1.82) is 0 Å². The number of carbonyl (C=O) groups is 1. The molecule has 9 nitrogen and oxygen atoms in total. The topological polar surface area (TPSA) is 88.9 Å². The molecule has 2 atom stereocenters. The Morgan fingerprint density at radius 1 is 1.50 bits per heavy atom. The molecule has 1 amide bonds. The van der Waals surface area contributed by atoms with E-state index in [0.29, 0.717) is 17.6 Å². The van der Waals surface area contributed by atoms with Gasteiger partial charge in [0.25, 0.3) is 5.91 Å². The molecule has 1 aromatic carbocycles. The van der Waals surface area contributed by atoms with Crippen molar-refractivity contribution < 1.29 is 28.4 Å². The van der Waals surface area contributed by atoms with E-state index >= 15 is 0 Å². The molecule has 3 heterocycles. The number of hydrogen-bond donors (Lipinski definition) is 3. The summed E-state index contributed by atoms with van der Waals surface area (Å²) in [5, 5.41) is 1.55. The molecule has 0 aliphatic carbocycles. The first-order valence-electron chi connectivity index (χ1n) is 9.35. The number of ether oxygens (including phenoxy) is 2. The number of aliphatic imine (C=N–C) groups is 1. The number of nitrogens with zero attached hydrogens (tertiary/aromatic N) is 2. The van der Waals surface area contributed by atoms with Gasteiger partial charge < -0.3 is 9.47 Å². The van der Waals surface area contributed by atoms with Crippen LogP contribution in [0.2, 0.25) is 0 Å². The Hall–Kier alpha value is -2.31. The van der Waals surface area contributed by atoms with Crippen LogP contribution in [0.4, 0.5) is 10.1 Å². The van der Waals surface area contributed by atoms with E-state index in [1.54, 1.807) is 35.9 Å². The number of quaternary nitrogens is 1. The predicted molar refractivity (Wildman–Crippen MR) is 109 cm³/mol. The highest BCUT2D eigenvalue weighted by atomic mass is 79.9. The molecule has 3 aliphatic heterocycles. The number of nitrogens with one attached hydrogen (secondary N) is 3. The maximum Gasteiger partial charge on any atom is 0.298 e. The summed E-state index contributed by atoms with van der Waals surface area (Å²) in [6, 6.07) is 4.64. The normalized spacial score (nSPS) is 24.3. The lowest BCUT2D eigenvalue weighted by molar-refractivity contribution is -0.694. The quantitative estimate of drug-likeness (QED) is 0.525. The summed E-state index contributed by atoms with van der Waals surface area (Å²) in [4.78, 5) is 23.1.